The monoisotopic (exact) mass is 602 g/mol. The summed E-state index contributed by atoms with van der Waals surface area (Å²) >= 11 is 0. The van der Waals surface area contributed by atoms with Crippen LogP contribution in [0.4, 0.5) is 13.2 Å². The van der Waals surface area contributed by atoms with E-state index in [9.17, 15) is 22.8 Å². The molecule has 44 heavy (non-hydrogen) atoms. The molecule has 6 rings (SSSR count). The summed E-state index contributed by atoms with van der Waals surface area (Å²) in [5, 5.41) is 4.65. The number of amides is 2. The molecule has 1 atom stereocenters. The highest BCUT2D eigenvalue weighted by atomic mass is 19.4. The third-order valence-electron chi connectivity index (χ3n) is 8.31. The SMILES string of the molecule is O=C(CCC(F)(F)F)N1CC=C(c2cccn3nc(Cc4ccc(C(=O)N5CCCC5Cc5ccccn5)cc4)nc23)CC1. The average Bonchev–Trinajstić information content (AvgIpc) is 3.66. The molecule has 11 heteroatoms. The summed E-state index contributed by atoms with van der Waals surface area (Å²) in [6.45, 7) is 1.37. The van der Waals surface area contributed by atoms with Gasteiger partial charge in [0.25, 0.3) is 5.91 Å². The van der Waals surface area contributed by atoms with Gasteiger partial charge in [0.2, 0.25) is 5.91 Å². The number of alkyl halides is 3. The Morgan fingerprint density at radius 1 is 1.00 bits per heavy atom. The van der Waals surface area contributed by atoms with Crippen molar-refractivity contribution in [1.29, 1.82) is 0 Å². The van der Waals surface area contributed by atoms with Crippen molar-refractivity contribution in [2.75, 3.05) is 19.6 Å². The van der Waals surface area contributed by atoms with E-state index in [1.807, 2.05) is 71.8 Å². The third-order valence-corrected chi connectivity index (χ3v) is 8.31. The quantitative estimate of drug-likeness (QED) is 0.265. The number of pyridine rings is 2. The van der Waals surface area contributed by atoms with Gasteiger partial charge in [-0.05, 0) is 66.8 Å². The van der Waals surface area contributed by atoms with Crippen molar-refractivity contribution in [2.45, 2.75) is 57.2 Å². The van der Waals surface area contributed by atoms with E-state index in [1.54, 1.807) is 10.7 Å². The maximum Gasteiger partial charge on any atom is 0.389 e. The van der Waals surface area contributed by atoms with Gasteiger partial charge in [0, 0.05) is 74.2 Å². The molecule has 4 aromatic rings. The standard InChI is InChI=1S/C33H33F3N6O2/c34-33(35,36)15-12-30(43)40-19-13-24(14-20-40)28-7-4-18-42-31(28)38-29(39-42)21-23-8-10-25(11-9-23)32(44)41-17-3-6-27(41)22-26-5-1-2-16-37-26/h1-2,4-5,7-11,13,16,18,27H,3,6,12,14-15,17,19-22H2. The zero-order chi connectivity index (χ0) is 30.7. The zero-order valence-corrected chi connectivity index (χ0v) is 24.2. The topological polar surface area (TPSA) is 83.7 Å². The molecule has 0 radical (unpaired) electrons. The number of carbonyl (C=O) groups excluding carboxylic acids is 2. The number of hydrogen-bond acceptors (Lipinski definition) is 5. The average molecular weight is 603 g/mol. The lowest BCUT2D eigenvalue weighted by atomic mass is 10.00. The molecule has 0 aliphatic carbocycles. The van der Waals surface area contributed by atoms with Gasteiger partial charge in [-0.15, -0.1) is 0 Å². The summed E-state index contributed by atoms with van der Waals surface area (Å²) in [7, 11) is 0. The highest BCUT2D eigenvalue weighted by molar-refractivity contribution is 5.94. The first kappa shape index (κ1) is 29.5. The molecule has 1 fully saturated rings. The van der Waals surface area contributed by atoms with Crippen LogP contribution in [0.15, 0.2) is 73.1 Å². The minimum Gasteiger partial charge on any atom is -0.339 e. The molecule has 1 aromatic carbocycles. The van der Waals surface area contributed by atoms with Crippen LogP contribution in [0.5, 0.6) is 0 Å². The molecular formula is C33H33F3N6O2. The molecule has 0 bridgehead atoms. The first-order valence-electron chi connectivity index (χ1n) is 14.9. The summed E-state index contributed by atoms with van der Waals surface area (Å²) < 4.78 is 39.3. The summed E-state index contributed by atoms with van der Waals surface area (Å²) in [5.41, 5.74) is 5.19. The van der Waals surface area contributed by atoms with Gasteiger partial charge in [0.1, 0.15) is 0 Å². The van der Waals surface area contributed by atoms with E-state index in [1.165, 1.54) is 4.90 Å². The van der Waals surface area contributed by atoms with E-state index in [0.717, 1.165) is 48.2 Å². The minimum atomic E-state index is -4.34. The smallest absolute Gasteiger partial charge is 0.339 e. The van der Waals surface area contributed by atoms with Gasteiger partial charge in [0.15, 0.2) is 11.5 Å². The van der Waals surface area contributed by atoms with Gasteiger partial charge in [-0.25, -0.2) is 9.50 Å². The van der Waals surface area contributed by atoms with E-state index < -0.39 is 24.9 Å². The van der Waals surface area contributed by atoms with Crippen molar-refractivity contribution >= 4 is 23.0 Å². The molecule has 1 unspecified atom stereocenters. The van der Waals surface area contributed by atoms with Gasteiger partial charge >= 0.3 is 6.18 Å². The van der Waals surface area contributed by atoms with Crippen molar-refractivity contribution in [3.63, 3.8) is 0 Å². The molecule has 2 aliphatic heterocycles. The summed E-state index contributed by atoms with van der Waals surface area (Å²) in [6, 6.07) is 17.4. The van der Waals surface area contributed by atoms with E-state index in [0.29, 0.717) is 36.4 Å². The fraction of sp³-hybridized carbons (Fsp3) is 0.364. The van der Waals surface area contributed by atoms with Crippen LogP contribution < -0.4 is 0 Å². The molecule has 1 saturated heterocycles. The second kappa shape index (κ2) is 12.6. The number of fused-ring (bicyclic) bond motifs is 1. The number of rotatable bonds is 8. The number of nitrogens with zero attached hydrogens (tertiary/aromatic N) is 6. The van der Waals surface area contributed by atoms with Crippen LogP contribution in [0, 0.1) is 0 Å². The van der Waals surface area contributed by atoms with Crippen molar-refractivity contribution in [1.82, 2.24) is 29.4 Å². The maximum atomic E-state index is 13.4. The highest BCUT2D eigenvalue weighted by Crippen LogP contribution is 2.28. The molecule has 228 valence electrons. The Morgan fingerprint density at radius 3 is 2.57 bits per heavy atom. The Hall–Kier alpha value is -4.54. The van der Waals surface area contributed by atoms with Crippen LogP contribution in [-0.4, -0.2) is 73.0 Å². The molecule has 2 amide bonds. The number of carbonyl (C=O) groups is 2. The highest BCUT2D eigenvalue weighted by Gasteiger charge is 2.31. The number of aromatic nitrogens is 4. The van der Waals surface area contributed by atoms with Crippen molar-refractivity contribution in [2.24, 2.45) is 0 Å². The lowest BCUT2D eigenvalue weighted by molar-refractivity contribution is -0.148. The van der Waals surface area contributed by atoms with Gasteiger partial charge in [-0.3, -0.25) is 14.6 Å². The predicted molar refractivity (Wildman–Crippen MR) is 159 cm³/mol. The molecule has 5 heterocycles. The maximum absolute atomic E-state index is 13.4. The summed E-state index contributed by atoms with van der Waals surface area (Å²) in [6.07, 6.45) is 3.23. The lowest BCUT2D eigenvalue weighted by Crippen LogP contribution is -2.37. The normalized spacial score (nSPS) is 17.2. The fourth-order valence-electron chi connectivity index (χ4n) is 6.01. The number of halogens is 3. The van der Waals surface area contributed by atoms with Crippen LogP contribution in [-0.2, 0) is 17.6 Å². The van der Waals surface area contributed by atoms with Crippen molar-refractivity contribution in [3.05, 3.63) is 101 Å². The molecule has 0 N–H and O–H groups in total. The van der Waals surface area contributed by atoms with Crippen LogP contribution in [0.2, 0.25) is 0 Å². The Kier molecular flexibility index (Phi) is 8.45. The first-order chi connectivity index (χ1) is 21.2. The summed E-state index contributed by atoms with van der Waals surface area (Å²) in [4.78, 5) is 38.2. The van der Waals surface area contributed by atoms with Crippen LogP contribution >= 0.6 is 0 Å². The van der Waals surface area contributed by atoms with Gasteiger partial charge in [-0.2, -0.15) is 18.3 Å². The molecular weight excluding hydrogens is 569 g/mol. The van der Waals surface area contributed by atoms with E-state index in [-0.39, 0.29) is 18.5 Å². The second-order valence-corrected chi connectivity index (χ2v) is 11.3. The Bertz CT molecular complexity index is 1670. The Morgan fingerprint density at radius 2 is 1.84 bits per heavy atom. The number of likely N-dealkylation sites (tertiary alicyclic amines) is 1. The second-order valence-electron chi connectivity index (χ2n) is 11.3. The molecule has 0 saturated carbocycles. The predicted octanol–water partition coefficient (Wildman–Crippen LogP) is 5.52. The number of benzene rings is 1. The molecule has 8 nitrogen and oxygen atoms in total. The summed E-state index contributed by atoms with van der Waals surface area (Å²) in [5.74, 6) is 0.178. The van der Waals surface area contributed by atoms with E-state index in [2.05, 4.69) is 10.1 Å². The molecule has 3 aromatic heterocycles. The lowest BCUT2D eigenvalue weighted by Gasteiger charge is -2.27. The third kappa shape index (κ3) is 6.82. The van der Waals surface area contributed by atoms with Crippen molar-refractivity contribution < 1.29 is 22.8 Å². The van der Waals surface area contributed by atoms with Crippen LogP contribution in [0.1, 0.15) is 65.1 Å². The molecule has 0 spiro atoms. The Balaban J connectivity index is 1.10. The van der Waals surface area contributed by atoms with Crippen molar-refractivity contribution in [3.8, 4) is 0 Å². The first-order valence-corrected chi connectivity index (χ1v) is 14.9. The van der Waals surface area contributed by atoms with Crippen LogP contribution in [0.25, 0.3) is 11.2 Å². The van der Waals surface area contributed by atoms with Gasteiger partial charge in [-0.1, -0.05) is 24.3 Å². The minimum absolute atomic E-state index is 0.0341. The zero-order valence-electron chi connectivity index (χ0n) is 24.2. The molecule has 2 aliphatic rings. The number of hydrogen-bond donors (Lipinski definition) is 0. The van der Waals surface area contributed by atoms with Gasteiger partial charge in [0.05, 0.1) is 6.42 Å². The largest absolute Gasteiger partial charge is 0.389 e. The van der Waals surface area contributed by atoms with E-state index >= 15 is 0 Å². The fourth-order valence-corrected chi connectivity index (χ4v) is 6.01. The van der Waals surface area contributed by atoms with E-state index in [4.69, 9.17) is 4.98 Å². The van der Waals surface area contributed by atoms with Gasteiger partial charge < -0.3 is 9.80 Å². The van der Waals surface area contributed by atoms with Crippen LogP contribution in [0.3, 0.4) is 0 Å². The Labute approximate surface area is 253 Å².